The second-order valence-electron chi connectivity index (χ2n) is 1.44. The Kier molecular flexibility index (Phi) is 5.35. The summed E-state index contributed by atoms with van der Waals surface area (Å²) in [6.45, 7) is 0. The average molecular weight is 239 g/mol. The smallest absolute Gasteiger partial charge is 0.147 e. The Bertz CT molecular complexity index is 175. The molecule has 0 fully saturated rings. The van der Waals surface area contributed by atoms with Gasteiger partial charge < -0.3 is 4.74 Å². The van der Waals surface area contributed by atoms with Crippen molar-refractivity contribution in [3.63, 3.8) is 0 Å². The summed E-state index contributed by atoms with van der Waals surface area (Å²) in [5.41, 5.74) is 0. The normalized spacial score (nSPS) is 13.4. The zero-order valence-corrected chi connectivity index (χ0v) is 9.16. The van der Waals surface area contributed by atoms with Crippen LogP contribution in [0.3, 0.4) is 0 Å². The molecule has 0 unspecified atom stereocenters. The van der Waals surface area contributed by atoms with Crippen LogP contribution >= 0.6 is 38.8 Å². The highest BCUT2D eigenvalue weighted by molar-refractivity contribution is 8.40. The molecule has 0 aromatic rings. The maximum Gasteiger partial charge on any atom is 0.147 e. The van der Waals surface area contributed by atoms with Crippen LogP contribution in [0.4, 0.5) is 0 Å². The van der Waals surface area contributed by atoms with E-state index >= 15 is 0 Å². The average Bonchev–Trinajstić information content (AvgIpc) is 1.80. The fraction of sp³-hybridized carbons (Fsp3) is 0.500. The van der Waals surface area contributed by atoms with Crippen LogP contribution in [0.2, 0.25) is 0 Å². The lowest BCUT2D eigenvalue weighted by molar-refractivity contribution is 0.336. The molecule has 0 radical (unpaired) electrons. The minimum atomic E-state index is -2.41. The van der Waals surface area contributed by atoms with Crippen molar-refractivity contribution in [3.05, 3.63) is 11.6 Å². The first-order chi connectivity index (χ1) is 4.52. The topological polar surface area (TPSA) is 9.23 Å². The number of alkyl halides is 1. The van der Waals surface area contributed by atoms with E-state index in [9.17, 15) is 0 Å². The highest BCUT2D eigenvalue weighted by atomic mass is 35.9. The third kappa shape index (κ3) is 4.05. The lowest BCUT2D eigenvalue weighted by atomic mass is 10.7. The SMILES string of the molecule is CO/C=C(/CCl)P(=S)(Cl)Cl. The number of ether oxygens (including phenoxy) is 1. The van der Waals surface area contributed by atoms with Gasteiger partial charge in [-0.15, -0.1) is 11.6 Å². The summed E-state index contributed by atoms with van der Waals surface area (Å²) >= 11 is 21.5. The zero-order chi connectivity index (χ0) is 8.20. The number of halogens is 3. The van der Waals surface area contributed by atoms with E-state index < -0.39 is 4.74 Å². The van der Waals surface area contributed by atoms with E-state index in [2.05, 4.69) is 4.74 Å². The lowest BCUT2D eigenvalue weighted by Gasteiger charge is -2.05. The largest absolute Gasteiger partial charge is 0.504 e. The minimum absolute atomic E-state index is 0.220. The molecule has 6 heteroatoms. The number of rotatable bonds is 3. The maximum absolute atomic E-state index is 5.64. The molecule has 0 saturated heterocycles. The van der Waals surface area contributed by atoms with Gasteiger partial charge in [0.25, 0.3) is 0 Å². The first kappa shape index (κ1) is 11.1. The summed E-state index contributed by atoms with van der Waals surface area (Å²) in [4.78, 5) is 0. The second kappa shape index (κ2) is 4.84. The van der Waals surface area contributed by atoms with Crippen LogP contribution in [-0.4, -0.2) is 13.0 Å². The van der Waals surface area contributed by atoms with Gasteiger partial charge in [0, 0.05) is 5.31 Å². The summed E-state index contributed by atoms with van der Waals surface area (Å²) in [6.07, 6.45) is 1.40. The van der Waals surface area contributed by atoms with Crippen molar-refractivity contribution in [1.29, 1.82) is 0 Å². The predicted octanol–water partition coefficient (Wildman–Crippen LogP) is 3.50. The first-order valence-corrected chi connectivity index (χ1v) is 7.44. The van der Waals surface area contributed by atoms with Crippen LogP contribution in [0.1, 0.15) is 0 Å². The Morgan fingerprint density at radius 3 is 2.30 bits per heavy atom. The third-order valence-electron chi connectivity index (χ3n) is 0.725. The maximum atomic E-state index is 5.64. The van der Waals surface area contributed by atoms with Gasteiger partial charge in [0.1, 0.15) is 4.74 Å². The molecule has 0 aromatic heterocycles. The fourth-order valence-electron chi connectivity index (χ4n) is 0.298. The van der Waals surface area contributed by atoms with Gasteiger partial charge in [-0.3, -0.25) is 0 Å². The lowest BCUT2D eigenvalue weighted by Crippen LogP contribution is -1.80. The Balaban J connectivity index is 4.37. The van der Waals surface area contributed by atoms with Crippen molar-refractivity contribution in [3.8, 4) is 0 Å². The van der Waals surface area contributed by atoms with Crippen molar-refractivity contribution >= 4 is 50.6 Å². The highest BCUT2D eigenvalue weighted by Gasteiger charge is 2.14. The molecular formula is C4H6Cl3OPS. The van der Waals surface area contributed by atoms with Crippen molar-refractivity contribution in [2.45, 2.75) is 0 Å². The fourth-order valence-corrected chi connectivity index (χ4v) is 2.77. The highest BCUT2D eigenvalue weighted by Crippen LogP contribution is 2.64. The molecule has 0 aliphatic carbocycles. The standard InChI is InChI=1S/C4H6Cl3OPS/c1-8-3-4(2-5)9(6,7)10/h3H,2H2,1H3/b4-3-. The number of methoxy groups -OCH3 is 1. The Hall–Kier alpha value is 1.06. The van der Waals surface area contributed by atoms with Gasteiger partial charge in [-0.25, -0.2) is 0 Å². The van der Waals surface area contributed by atoms with Crippen molar-refractivity contribution in [1.82, 2.24) is 0 Å². The molecule has 0 bridgehead atoms. The third-order valence-corrected chi connectivity index (χ3v) is 4.14. The van der Waals surface area contributed by atoms with E-state index in [1.807, 2.05) is 0 Å². The molecule has 10 heavy (non-hydrogen) atoms. The van der Waals surface area contributed by atoms with E-state index in [0.717, 1.165) is 0 Å². The molecule has 60 valence electrons. The molecule has 0 atom stereocenters. The summed E-state index contributed by atoms with van der Waals surface area (Å²) in [6, 6.07) is 0. The molecule has 0 spiro atoms. The van der Waals surface area contributed by atoms with Gasteiger partial charge in [-0.1, -0.05) is 34.3 Å². The summed E-state index contributed by atoms with van der Waals surface area (Å²) in [7, 11) is 1.49. The molecule has 0 heterocycles. The van der Waals surface area contributed by atoms with E-state index in [1.165, 1.54) is 13.4 Å². The van der Waals surface area contributed by atoms with Gasteiger partial charge in [0.05, 0.1) is 19.3 Å². The Morgan fingerprint density at radius 2 is 2.20 bits per heavy atom. The summed E-state index contributed by atoms with van der Waals surface area (Å²) in [5, 5.41) is 0.579. The van der Waals surface area contributed by atoms with Crippen LogP contribution in [0.5, 0.6) is 0 Å². The quantitative estimate of drug-likeness (QED) is 0.423. The van der Waals surface area contributed by atoms with E-state index in [4.69, 9.17) is 45.9 Å². The van der Waals surface area contributed by atoms with Gasteiger partial charge in [0.2, 0.25) is 0 Å². The van der Waals surface area contributed by atoms with Crippen molar-refractivity contribution < 1.29 is 4.74 Å². The molecule has 0 aliphatic heterocycles. The Morgan fingerprint density at radius 1 is 1.70 bits per heavy atom. The zero-order valence-electron chi connectivity index (χ0n) is 5.18. The minimum Gasteiger partial charge on any atom is -0.504 e. The van der Waals surface area contributed by atoms with Gasteiger partial charge >= 0.3 is 0 Å². The molecule has 0 aliphatic rings. The van der Waals surface area contributed by atoms with Crippen LogP contribution in [0.15, 0.2) is 11.6 Å². The summed E-state index contributed by atoms with van der Waals surface area (Å²) in [5.74, 6) is 0.220. The van der Waals surface area contributed by atoms with E-state index in [-0.39, 0.29) is 5.88 Å². The van der Waals surface area contributed by atoms with Gasteiger partial charge in [-0.05, 0) is 0 Å². The van der Waals surface area contributed by atoms with E-state index in [0.29, 0.717) is 5.31 Å². The molecular weight excluding hydrogens is 233 g/mol. The Labute approximate surface area is 79.9 Å². The van der Waals surface area contributed by atoms with Crippen LogP contribution in [-0.2, 0) is 16.5 Å². The first-order valence-electron chi connectivity index (χ1n) is 2.30. The molecule has 0 saturated carbocycles. The van der Waals surface area contributed by atoms with Gasteiger partial charge in [0.15, 0.2) is 0 Å². The second-order valence-corrected chi connectivity index (χ2v) is 9.61. The number of hydrogen-bond acceptors (Lipinski definition) is 2. The van der Waals surface area contributed by atoms with Crippen LogP contribution in [0.25, 0.3) is 0 Å². The van der Waals surface area contributed by atoms with Crippen LogP contribution in [0, 0.1) is 0 Å². The van der Waals surface area contributed by atoms with E-state index in [1.54, 1.807) is 0 Å². The van der Waals surface area contributed by atoms with Gasteiger partial charge in [-0.2, -0.15) is 0 Å². The van der Waals surface area contributed by atoms with Crippen molar-refractivity contribution in [2.75, 3.05) is 13.0 Å². The molecule has 0 rings (SSSR count). The monoisotopic (exact) mass is 238 g/mol. The number of allylic oxidation sites excluding steroid dienone is 1. The predicted molar refractivity (Wildman–Crippen MR) is 51.8 cm³/mol. The van der Waals surface area contributed by atoms with Crippen molar-refractivity contribution in [2.24, 2.45) is 0 Å². The molecule has 0 N–H and O–H groups in total. The summed E-state index contributed by atoms with van der Waals surface area (Å²) < 4.78 is 2.26. The molecule has 1 nitrogen and oxygen atoms in total. The molecule has 0 aromatic carbocycles. The number of hydrogen-bond donors (Lipinski definition) is 0. The van der Waals surface area contributed by atoms with Crippen LogP contribution < -0.4 is 0 Å². The molecule has 0 amide bonds.